The van der Waals surface area contributed by atoms with Crippen molar-refractivity contribution in [1.82, 2.24) is 10.2 Å². The summed E-state index contributed by atoms with van der Waals surface area (Å²) >= 11 is 0. The van der Waals surface area contributed by atoms with Gasteiger partial charge in [-0.1, -0.05) is 13.3 Å². The second-order valence-electron chi connectivity index (χ2n) is 5.34. The monoisotopic (exact) mass is 240 g/mol. The van der Waals surface area contributed by atoms with Crippen molar-refractivity contribution in [3.8, 4) is 0 Å². The Morgan fingerprint density at radius 2 is 2.29 bits per heavy atom. The summed E-state index contributed by atoms with van der Waals surface area (Å²) < 4.78 is 0. The van der Waals surface area contributed by atoms with Crippen molar-refractivity contribution in [3.63, 3.8) is 0 Å². The molecule has 4 nitrogen and oxygen atoms in total. The Morgan fingerprint density at radius 3 is 2.94 bits per heavy atom. The lowest BCUT2D eigenvalue weighted by atomic mass is 9.90. The van der Waals surface area contributed by atoms with Crippen molar-refractivity contribution in [3.05, 3.63) is 0 Å². The third-order valence-corrected chi connectivity index (χ3v) is 4.02. The molecule has 2 saturated heterocycles. The molecule has 0 saturated carbocycles. The minimum absolute atomic E-state index is 0.0347. The summed E-state index contributed by atoms with van der Waals surface area (Å²) in [5.74, 6) is 0.523. The highest BCUT2D eigenvalue weighted by Crippen LogP contribution is 2.23. The van der Waals surface area contributed by atoms with Crippen LogP contribution in [0.25, 0.3) is 0 Å². The summed E-state index contributed by atoms with van der Waals surface area (Å²) in [4.78, 5) is 14.2. The summed E-state index contributed by atoms with van der Waals surface area (Å²) in [6.07, 6.45) is 4.69. The lowest BCUT2D eigenvalue weighted by Gasteiger charge is -2.37. The number of nitrogens with zero attached hydrogens (tertiary/aromatic N) is 1. The number of rotatable bonds is 3. The van der Waals surface area contributed by atoms with Gasteiger partial charge < -0.3 is 15.3 Å². The number of piperidine rings is 1. The van der Waals surface area contributed by atoms with Crippen LogP contribution >= 0.6 is 0 Å². The molecule has 4 heteroatoms. The van der Waals surface area contributed by atoms with E-state index in [4.69, 9.17) is 0 Å². The van der Waals surface area contributed by atoms with E-state index < -0.39 is 0 Å². The molecule has 2 aliphatic rings. The van der Waals surface area contributed by atoms with Gasteiger partial charge in [-0.25, -0.2) is 0 Å². The van der Waals surface area contributed by atoms with Crippen LogP contribution in [0.2, 0.25) is 0 Å². The van der Waals surface area contributed by atoms with Crippen molar-refractivity contribution in [1.29, 1.82) is 0 Å². The first-order valence-electron chi connectivity index (χ1n) is 6.92. The highest BCUT2D eigenvalue weighted by molar-refractivity contribution is 5.82. The SMILES string of the molecule is CCCC1CN(C(=O)C2CCCN2)CCC1O. The second-order valence-corrected chi connectivity index (χ2v) is 5.34. The molecule has 17 heavy (non-hydrogen) atoms. The lowest BCUT2D eigenvalue weighted by Crippen LogP contribution is -2.51. The average molecular weight is 240 g/mol. The van der Waals surface area contributed by atoms with Crippen LogP contribution in [-0.2, 0) is 4.79 Å². The van der Waals surface area contributed by atoms with Crippen LogP contribution in [0.1, 0.15) is 39.0 Å². The molecule has 0 aromatic heterocycles. The van der Waals surface area contributed by atoms with E-state index in [0.29, 0.717) is 0 Å². The van der Waals surface area contributed by atoms with Gasteiger partial charge in [-0.05, 0) is 32.2 Å². The van der Waals surface area contributed by atoms with E-state index in [1.165, 1.54) is 0 Å². The Kier molecular flexibility index (Phi) is 4.40. The quantitative estimate of drug-likeness (QED) is 0.765. The highest BCUT2D eigenvalue weighted by atomic mass is 16.3. The van der Waals surface area contributed by atoms with E-state index >= 15 is 0 Å². The first kappa shape index (κ1) is 12.8. The maximum Gasteiger partial charge on any atom is 0.239 e. The van der Waals surface area contributed by atoms with Gasteiger partial charge in [0.15, 0.2) is 0 Å². The van der Waals surface area contributed by atoms with Crippen LogP contribution in [0, 0.1) is 5.92 Å². The van der Waals surface area contributed by atoms with Crippen LogP contribution in [0.3, 0.4) is 0 Å². The number of aliphatic hydroxyl groups is 1. The fourth-order valence-corrected chi connectivity index (χ4v) is 2.99. The van der Waals surface area contributed by atoms with Crippen molar-refractivity contribution in [2.45, 2.75) is 51.2 Å². The zero-order chi connectivity index (χ0) is 12.3. The topological polar surface area (TPSA) is 52.6 Å². The molecule has 0 radical (unpaired) electrons. The molecule has 2 heterocycles. The summed E-state index contributed by atoms with van der Waals surface area (Å²) in [6.45, 7) is 4.56. The number of hydrogen-bond donors (Lipinski definition) is 2. The van der Waals surface area contributed by atoms with E-state index in [0.717, 1.165) is 51.7 Å². The molecule has 2 N–H and O–H groups in total. The number of nitrogens with one attached hydrogen (secondary N) is 1. The van der Waals surface area contributed by atoms with Gasteiger partial charge in [-0.2, -0.15) is 0 Å². The highest BCUT2D eigenvalue weighted by Gasteiger charge is 2.33. The smallest absolute Gasteiger partial charge is 0.239 e. The summed E-state index contributed by atoms with van der Waals surface area (Å²) in [7, 11) is 0. The van der Waals surface area contributed by atoms with Crippen LogP contribution in [-0.4, -0.2) is 47.7 Å². The second kappa shape index (κ2) is 5.83. The number of amides is 1. The molecule has 0 aliphatic carbocycles. The summed E-state index contributed by atoms with van der Waals surface area (Å²) in [6, 6.07) is 0.0347. The maximum atomic E-state index is 12.2. The van der Waals surface area contributed by atoms with Gasteiger partial charge in [0.2, 0.25) is 5.91 Å². The van der Waals surface area contributed by atoms with Gasteiger partial charge >= 0.3 is 0 Å². The number of likely N-dealkylation sites (tertiary alicyclic amines) is 1. The molecular formula is C13H24N2O2. The Balaban J connectivity index is 1.90. The minimum atomic E-state index is -0.212. The minimum Gasteiger partial charge on any atom is -0.393 e. The van der Waals surface area contributed by atoms with Crippen LogP contribution in [0.5, 0.6) is 0 Å². The Bertz CT molecular complexity index is 264. The zero-order valence-corrected chi connectivity index (χ0v) is 10.7. The number of carbonyl (C=O) groups is 1. The molecule has 3 atom stereocenters. The fraction of sp³-hybridized carbons (Fsp3) is 0.923. The van der Waals surface area contributed by atoms with Gasteiger partial charge in [0, 0.05) is 19.0 Å². The molecular weight excluding hydrogens is 216 g/mol. The Morgan fingerprint density at radius 1 is 1.47 bits per heavy atom. The van der Waals surface area contributed by atoms with E-state index in [9.17, 15) is 9.90 Å². The van der Waals surface area contributed by atoms with Crippen molar-refractivity contribution in [2.24, 2.45) is 5.92 Å². The molecule has 0 aromatic carbocycles. The van der Waals surface area contributed by atoms with E-state index in [1.807, 2.05) is 4.90 Å². The Hall–Kier alpha value is -0.610. The van der Waals surface area contributed by atoms with Gasteiger partial charge in [-0.15, -0.1) is 0 Å². The fourth-order valence-electron chi connectivity index (χ4n) is 2.99. The van der Waals surface area contributed by atoms with Gasteiger partial charge in [0.05, 0.1) is 12.1 Å². The van der Waals surface area contributed by atoms with Crippen molar-refractivity contribution >= 4 is 5.91 Å². The first-order valence-corrected chi connectivity index (χ1v) is 6.92. The van der Waals surface area contributed by atoms with Gasteiger partial charge in [-0.3, -0.25) is 4.79 Å². The summed E-state index contributed by atoms with van der Waals surface area (Å²) in [5.41, 5.74) is 0. The molecule has 1 amide bonds. The predicted octanol–water partition coefficient (Wildman–Crippen LogP) is 0.748. The third kappa shape index (κ3) is 2.99. The maximum absolute atomic E-state index is 12.2. The molecule has 0 bridgehead atoms. The van der Waals surface area contributed by atoms with Crippen LogP contribution in [0.4, 0.5) is 0 Å². The van der Waals surface area contributed by atoms with Gasteiger partial charge in [0.25, 0.3) is 0 Å². The standard InChI is InChI=1S/C13H24N2O2/c1-2-4-10-9-15(8-6-12(10)16)13(17)11-5-3-7-14-11/h10-12,14,16H,2-9H2,1H3. The third-order valence-electron chi connectivity index (χ3n) is 4.02. The molecule has 2 aliphatic heterocycles. The normalized spacial score (nSPS) is 34.0. The van der Waals surface area contributed by atoms with Crippen LogP contribution < -0.4 is 5.32 Å². The van der Waals surface area contributed by atoms with Crippen molar-refractivity contribution < 1.29 is 9.90 Å². The average Bonchev–Trinajstić information content (AvgIpc) is 2.85. The summed E-state index contributed by atoms with van der Waals surface area (Å²) in [5, 5.41) is 13.2. The molecule has 3 unspecified atom stereocenters. The van der Waals surface area contributed by atoms with E-state index in [-0.39, 0.29) is 24.0 Å². The zero-order valence-electron chi connectivity index (χ0n) is 10.7. The lowest BCUT2D eigenvalue weighted by molar-refractivity contribution is -0.137. The van der Waals surface area contributed by atoms with Crippen LogP contribution in [0.15, 0.2) is 0 Å². The number of hydrogen-bond acceptors (Lipinski definition) is 3. The van der Waals surface area contributed by atoms with Gasteiger partial charge in [0.1, 0.15) is 0 Å². The van der Waals surface area contributed by atoms with Crippen molar-refractivity contribution in [2.75, 3.05) is 19.6 Å². The Labute approximate surface area is 103 Å². The number of carbonyl (C=O) groups excluding carboxylic acids is 1. The van der Waals surface area contributed by atoms with E-state index in [1.54, 1.807) is 0 Å². The van der Waals surface area contributed by atoms with E-state index in [2.05, 4.69) is 12.2 Å². The largest absolute Gasteiger partial charge is 0.393 e. The predicted molar refractivity (Wildman–Crippen MR) is 66.6 cm³/mol. The molecule has 2 fully saturated rings. The first-order chi connectivity index (χ1) is 8.22. The number of aliphatic hydroxyl groups excluding tert-OH is 1. The molecule has 98 valence electrons. The molecule has 0 spiro atoms. The molecule has 0 aromatic rings. The molecule has 2 rings (SSSR count).